The SMILES string of the molecule is CCNC(=NCC(c1ccccc1OC)N(C)C)N1CCOC(c2cnn(C)c2)C1.I. The number of hydrogen-bond donors (Lipinski definition) is 1. The topological polar surface area (TPSA) is 67.2 Å². The van der Waals surface area contributed by atoms with Gasteiger partial charge in [-0.05, 0) is 27.1 Å². The fourth-order valence-electron chi connectivity index (χ4n) is 3.73. The standard InChI is InChI=1S/C22H34N6O2.HI/c1-6-23-22(28-11-12-30-21(16-28)17-13-25-27(4)15-17)24-14-19(26(2)3)18-9-7-8-10-20(18)29-5;/h7-10,13,15,19,21H,6,11-12,14,16H2,1-5H3,(H,23,24);1H. The summed E-state index contributed by atoms with van der Waals surface area (Å²) < 4.78 is 13.4. The smallest absolute Gasteiger partial charge is 0.194 e. The highest BCUT2D eigenvalue weighted by Crippen LogP contribution is 2.28. The number of rotatable bonds is 7. The molecular formula is C22H35IN6O2. The molecule has 1 saturated heterocycles. The second-order valence-corrected chi connectivity index (χ2v) is 7.67. The molecule has 8 nitrogen and oxygen atoms in total. The number of morpholine rings is 1. The maximum absolute atomic E-state index is 6.00. The highest BCUT2D eigenvalue weighted by atomic mass is 127. The van der Waals surface area contributed by atoms with Crippen molar-refractivity contribution < 1.29 is 9.47 Å². The lowest BCUT2D eigenvalue weighted by Gasteiger charge is -2.35. The number of halogens is 1. The summed E-state index contributed by atoms with van der Waals surface area (Å²) in [6.07, 6.45) is 3.89. The molecular weight excluding hydrogens is 507 g/mol. The summed E-state index contributed by atoms with van der Waals surface area (Å²) in [6.45, 7) is 5.76. The monoisotopic (exact) mass is 542 g/mol. The number of aromatic nitrogens is 2. The van der Waals surface area contributed by atoms with E-state index < -0.39 is 0 Å². The normalized spacial score (nSPS) is 17.9. The van der Waals surface area contributed by atoms with E-state index in [1.165, 1.54) is 0 Å². The molecule has 0 aliphatic carbocycles. The highest BCUT2D eigenvalue weighted by molar-refractivity contribution is 14.0. The number of para-hydroxylation sites is 1. The molecule has 0 bridgehead atoms. The average Bonchev–Trinajstić information content (AvgIpc) is 3.19. The fourth-order valence-corrected chi connectivity index (χ4v) is 3.73. The Morgan fingerprint density at radius 1 is 1.39 bits per heavy atom. The molecule has 2 atom stereocenters. The molecule has 1 aliphatic heterocycles. The number of ether oxygens (including phenoxy) is 2. The van der Waals surface area contributed by atoms with Crippen LogP contribution in [0, 0.1) is 0 Å². The lowest BCUT2D eigenvalue weighted by Crippen LogP contribution is -2.48. The Hall–Kier alpha value is -1.85. The number of nitrogens with zero attached hydrogens (tertiary/aromatic N) is 5. The first kappa shape index (κ1) is 25.4. The van der Waals surface area contributed by atoms with E-state index >= 15 is 0 Å². The van der Waals surface area contributed by atoms with E-state index in [4.69, 9.17) is 14.5 Å². The molecule has 1 fully saturated rings. The number of likely N-dealkylation sites (N-methyl/N-ethyl adjacent to an activating group) is 1. The molecule has 1 aromatic heterocycles. The van der Waals surface area contributed by atoms with Crippen LogP contribution in [0.2, 0.25) is 0 Å². The maximum atomic E-state index is 6.00. The highest BCUT2D eigenvalue weighted by Gasteiger charge is 2.26. The van der Waals surface area contributed by atoms with E-state index in [9.17, 15) is 0 Å². The van der Waals surface area contributed by atoms with E-state index in [0.29, 0.717) is 13.2 Å². The van der Waals surface area contributed by atoms with Crippen molar-refractivity contribution in [3.05, 3.63) is 47.8 Å². The lowest BCUT2D eigenvalue weighted by molar-refractivity contribution is -0.00807. The van der Waals surface area contributed by atoms with Gasteiger partial charge in [-0.1, -0.05) is 18.2 Å². The molecule has 2 unspecified atom stereocenters. The van der Waals surface area contributed by atoms with Gasteiger partial charge in [-0.3, -0.25) is 9.67 Å². The Labute approximate surface area is 202 Å². The minimum absolute atomic E-state index is 0. The summed E-state index contributed by atoms with van der Waals surface area (Å²) in [4.78, 5) is 9.46. The number of aryl methyl sites for hydroxylation is 1. The number of guanidine groups is 1. The average molecular weight is 542 g/mol. The van der Waals surface area contributed by atoms with Crippen LogP contribution in [0.25, 0.3) is 0 Å². The zero-order valence-corrected chi connectivity index (χ0v) is 21.4. The molecule has 172 valence electrons. The van der Waals surface area contributed by atoms with Gasteiger partial charge in [-0.2, -0.15) is 5.10 Å². The summed E-state index contributed by atoms with van der Waals surface area (Å²) in [5.41, 5.74) is 2.23. The van der Waals surface area contributed by atoms with Crippen molar-refractivity contribution in [2.45, 2.75) is 19.1 Å². The number of aliphatic imine (C=N–C) groups is 1. The third kappa shape index (κ3) is 6.56. The summed E-state index contributed by atoms with van der Waals surface area (Å²) in [5.74, 6) is 1.80. The van der Waals surface area contributed by atoms with Gasteiger partial charge in [-0.25, -0.2) is 0 Å². The largest absolute Gasteiger partial charge is 0.496 e. The van der Waals surface area contributed by atoms with Crippen LogP contribution in [0.5, 0.6) is 5.75 Å². The van der Waals surface area contributed by atoms with Gasteiger partial charge in [0.1, 0.15) is 11.9 Å². The van der Waals surface area contributed by atoms with E-state index in [1.807, 2.05) is 42.3 Å². The molecule has 1 N–H and O–H groups in total. The quantitative estimate of drug-likeness (QED) is 0.330. The zero-order valence-electron chi connectivity index (χ0n) is 19.1. The minimum Gasteiger partial charge on any atom is -0.496 e. The second-order valence-electron chi connectivity index (χ2n) is 7.67. The van der Waals surface area contributed by atoms with Gasteiger partial charge in [0.05, 0.1) is 39.0 Å². The summed E-state index contributed by atoms with van der Waals surface area (Å²) in [7, 11) is 7.79. The Kier molecular flexibility index (Phi) is 10.0. The molecule has 0 radical (unpaired) electrons. The van der Waals surface area contributed by atoms with Crippen LogP contribution < -0.4 is 10.1 Å². The van der Waals surface area contributed by atoms with Gasteiger partial charge in [-0.15, -0.1) is 24.0 Å². The zero-order chi connectivity index (χ0) is 21.5. The van der Waals surface area contributed by atoms with Gasteiger partial charge in [0.25, 0.3) is 0 Å². The molecule has 9 heteroatoms. The van der Waals surface area contributed by atoms with Crippen molar-refractivity contribution in [2.75, 3.05) is 54.0 Å². The predicted molar refractivity (Wildman–Crippen MR) is 134 cm³/mol. The van der Waals surface area contributed by atoms with Gasteiger partial charge in [0.2, 0.25) is 0 Å². The van der Waals surface area contributed by atoms with Gasteiger partial charge in [0, 0.05) is 37.5 Å². The summed E-state index contributed by atoms with van der Waals surface area (Å²) in [6, 6.07) is 8.27. The molecule has 2 aromatic rings. The van der Waals surface area contributed by atoms with Crippen molar-refractivity contribution >= 4 is 29.9 Å². The Bertz CT molecular complexity index is 841. The molecule has 3 rings (SSSR count). The second kappa shape index (κ2) is 12.3. The van der Waals surface area contributed by atoms with Crippen molar-refractivity contribution in [1.29, 1.82) is 0 Å². The first-order valence-corrected chi connectivity index (χ1v) is 10.5. The molecule has 2 heterocycles. The summed E-state index contributed by atoms with van der Waals surface area (Å²) >= 11 is 0. The van der Waals surface area contributed by atoms with Crippen LogP contribution in [0.4, 0.5) is 0 Å². The molecule has 1 aliphatic rings. The van der Waals surface area contributed by atoms with Crippen molar-refractivity contribution in [3.63, 3.8) is 0 Å². The number of benzene rings is 1. The molecule has 0 saturated carbocycles. The minimum atomic E-state index is -0.00447. The molecule has 0 spiro atoms. The van der Waals surface area contributed by atoms with Crippen molar-refractivity contribution in [1.82, 2.24) is 24.9 Å². The van der Waals surface area contributed by atoms with E-state index in [0.717, 1.165) is 42.5 Å². The van der Waals surface area contributed by atoms with E-state index in [1.54, 1.807) is 7.11 Å². The van der Waals surface area contributed by atoms with Crippen LogP contribution in [0.3, 0.4) is 0 Å². The van der Waals surface area contributed by atoms with Crippen LogP contribution in [0.15, 0.2) is 41.7 Å². The first-order chi connectivity index (χ1) is 14.5. The third-order valence-corrected chi connectivity index (χ3v) is 5.33. The molecule has 31 heavy (non-hydrogen) atoms. The Morgan fingerprint density at radius 3 is 2.81 bits per heavy atom. The number of methoxy groups -OCH3 is 1. The lowest BCUT2D eigenvalue weighted by atomic mass is 10.0. The van der Waals surface area contributed by atoms with Crippen molar-refractivity contribution in [2.24, 2.45) is 12.0 Å². The Morgan fingerprint density at radius 2 is 2.16 bits per heavy atom. The third-order valence-electron chi connectivity index (χ3n) is 5.33. The fraction of sp³-hybridized carbons (Fsp3) is 0.545. The predicted octanol–water partition coefficient (Wildman–Crippen LogP) is 2.69. The number of hydrogen-bond acceptors (Lipinski definition) is 5. The maximum Gasteiger partial charge on any atom is 0.194 e. The van der Waals surface area contributed by atoms with E-state index in [2.05, 4.69) is 47.3 Å². The van der Waals surface area contributed by atoms with Crippen LogP contribution in [-0.2, 0) is 11.8 Å². The van der Waals surface area contributed by atoms with E-state index in [-0.39, 0.29) is 36.1 Å². The van der Waals surface area contributed by atoms with Gasteiger partial charge >= 0.3 is 0 Å². The Balaban J connectivity index is 0.00000341. The van der Waals surface area contributed by atoms with Gasteiger partial charge < -0.3 is 24.6 Å². The van der Waals surface area contributed by atoms with Crippen LogP contribution in [-0.4, -0.2) is 79.5 Å². The van der Waals surface area contributed by atoms with Crippen LogP contribution >= 0.6 is 24.0 Å². The summed E-state index contributed by atoms with van der Waals surface area (Å²) in [5, 5.41) is 7.74. The van der Waals surface area contributed by atoms with Crippen LogP contribution in [0.1, 0.15) is 30.2 Å². The van der Waals surface area contributed by atoms with Crippen molar-refractivity contribution in [3.8, 4) is 5.75 Å². The number of nitrogens with one attached hydrogen (secondary N) is 1. The first-order valence-electron chi connectivity index (χ1n) is 10.5. The molecule has 1 aromatic carbocycles. The van der Waals surface area contributed by atoms with Gasteiger partial charge in [0.15, 0.2) is 5.96 Å². The molecule has 0 amide bonds.